The molecule has 0 unspecified atom stereocenters. The molecule has 0 fully saturated rings. The summed E-state index contributed by atoms with van der Waals surface area (Å²) in [6.07, 6.45) is 0. The van der Waals surface area contributed by atoms with E-state index in [4.69, 9.17) is 4.74 Å². The standard InChI is InChI=1S/C14H13NO4/c16-11-5-3-4-10(8-11)15-14(18)9-19-13-7-2-1-6-12(13)17/h1-8,16-17H,9H2,(H,15,18). The zero-order chi connectivity index (χ0) is 13.7. The molecular formula is C14H13NO4. The lowest BCUT2D eigenvalue weighted by atomic mass is 10.3. The molecule has 0 heterocycles. The molecule has 0 aliphatic heterocycles. The summed E-state index contributed by atoms with van der Waals surface area (Å²) in [6, 6.07) is 12.6. The van der Waals surface area contributed by atoms with Crippen LogP contribution in [0.4, 0.5) is 5.69 Å². The van der Waals surface area contributed by atoms with E-state index in [0.717, 1.165) is 0 Å². The van der Waals surface area contributed by atoms with Crippen molar-refractivity contribution in [2.24, 2.45) is 0 Å². The van der Waals surface area contributed by atoms with Crippen LogP contribution >= 0.6 is 0 Å². The summed E-state index contributed by atoms with van der Waals surface area (Å²) in [4.78, 5) is 11.6. The van der Waals surface area contributed by atoms with Gasteiger partial charge in [-0.2, -0.15) is 0 Å². The van der Waals surface area contributed by atoms with Gasteiger partial charge >= 0.3 is 0 Å². The summed E-state index contributed by atoms with van der Waals surface area (Å²) in [6.45, 7) is -0.229. The number of carbonyl (C=O) groups excluding carboxylic acids is 1. The third-order valence-electron chi connectivity index (χ3n) is 2.35. The van der Waals surface area contributed by atoms with Crippen LogP contribution in [0.3, 0.4) is 0 Å². The lowest BCUT2D eigenvalue weighted by molar-refractivity contribution is -0.118. The van der Waals surface area contributed by atoms with Crippen LogP contribution in [0.5, 0.6) is 17.2 Å². The second kappa shape index (κ2) is 5.77. The molecule has 0 aliphatic carbocycles. The van der Waals surface area contributed by atoms with Crippen LogP contribution in [0.15, 0.2) is 48.5 Å². The molecule has 0 spiro atoms. The van der Waals surface area contributed by atoms with E-state index in [2.05, 4.69) is 5.32 Å². The molecule has 0 atom stereocenters. The number of carbonyl (C=O) groups is 1. The van der Waals surface area contributed by atoms with Crippen molar-refractivity contribution in [3.8, 4) is 17.2 Å². The van der Waals surface area contributed by atoms with Crippen molar-refractivity contribution in [3.63, 3.8) is 0 Å². The van der Waals surface area contributed by atoms with Gasteiger partial charge in [0.15, 0.2) is 18.1 Å². The van der Waals surface area contributed by atoms with E-state index >= 15 is 0 Å². The van der Waals surface area contributed by atoms with Gasteiger partial charge in [0.05, 0.1) is 0 Å². The van der Waals surface area contributed by atoms with Crippen LogP contribution in [0.1, 0.15) is 0 Å². The SMILES string of the molecule is O=C(COc1ccccc1O)Nc1cccc(O)c1. The molecule has 2 aromatic rings. The summed E-state index contributed by atoms with van der Waals surface area (Å²) < 4.78 is 5.18. The van der Waals surface area contributed by atoms with Crippen LogP contribution in [-0.2, 0) is 4.79 Å². The minimum absolute atomic E-state index is 0.0207. The molecule has 2 rings (SSSR count). The molecule has 5 nitrogen and oxygen atoms in total. The van der Waals surface area contributed by atoms with E-state index in [1.807, 2.05) is 0 Å². The number of hydrogen-bond donors (Lipinski definition) is 3. The van der Waals surface area contributed by atoms with Crippen molar-refractivity contribution in [3.05, 3.63) is 48.5 Å². The molecule has 5 heteroatoms. The first-order valence-corrected chi connectivity index (χ1v) is 5.65. The van der Waals surface area contributed by atoms with Gasteiger partial charge in [-0.05, 0) is 24.3 Å². The number of phenolic OH excluding ortho intramolecular Hbond substituents is 2. The average molecular weight is 259 g/mol. The van der Waals surface area contributed by atoms with Crippen LogP contribution in [0.2, 0.25) is 0 Å². The zero-order valence-corrected chi connectivity index (χ0v) is 10.0. The minimum atomic E-state index is -0.381. The number of benzene rings is 2. The second-order valence-electron chi connectivity index (χ2n) is 3.85. The number of amides is 1. The molecule has 0 saturated heterocycles. The molecule has 0 saturated carbocycles. The maximum Gasteiger partial charge on any atom is 0.262 e. The van der Waals surface area contributed by atoms with Crippen LogP contribution in [0.25, 0.3) is 0 Å². The van der Waals surface area contributed by atoms with Gasteiger partial charge in [0.1, 0.15) is 5.75 Å². The van der Waals surface area contributed by atoms with Crippen molar-refractivity contribution in [1.29, 1.82) is 0 Å². The maximum absolute atomic E-state index is 11.6. The highest BCUT2D eigenvalue weighted by molar-refractivity contribution is 5.92. The van der Waals surface area contributed by atoms with Gasteiger partial charge in [-0.1, -0.05) is 18.2 Å². The summed E-state index contributed by atoms with van der Waals surface area (Å²) >= 11 is 0. The molecular weight excluding hydrogens is 246 g/mol. The molecule has 0 bridgehead atoms. The fraction of sp³-hybridized carbons (Fsp3) is 0.0714. The maximum atomic E-state index is 11.6. The molecule has 3 N–H and O–H groups in total. The Hall–Kier alpha value is -2.69. The number of ether oxygens (including phenoxy) is 1. The highest BCUT2D eigenvalue weighted by Crippen LogP contribution is 2.24. The minimum Gasteiger partial charge on any atom is -0.508 e. The molecule has 0 aromatic heterocycles. The first kappa shape index (κ1) is 12.8. The highest BCUT2D eigenvalue weighted by Gasteiger charge is 2.06. The van der Waals surface area contributed by atoms with E-state index in [1.165, 1.54) is 18.2 Å². The van der Waals surface area contributed by atoms with Crippen LogP contribution in [0, 0.1) is 0 Å². The number of hydrogen-bond acceptors (Lipinski definition) is 4. The first-order valence-electron chi connectivity index (χ1n) is 5.65. The average Bonchev–Trinajstić information content (AvgIpc) is 2.38. The molecule has 2 aromatic carbocycles. The molecule has 1 amide bonds. The van der Waals surface area contributed by atoms with Gasteiger partial charge in [-0.3, -0.25) is 4.79 Å². The lowest BCUT2D eigenvalue weighted by Crippen LogP contribution is -2.20. The van der Waals surface area contributed by atoms with E-state index in [9.17, 15) is 15.0 Å². The Morgan fingerprint density at radius 3 is 2.63 bits per heavy atom. The van der Waals surface area contributed by atoms with E-state index < -0.39 is 0 Å². The fourth-order valence-electron chi connectivity index (χ4n) is 1.50. The van der Waals surface area contributed by atoms with Gasteiger partial charge in [-0.15, -0.1) is 0 Å². The van der Waals surface area contributed by atoms with Crippen molar-refractivity contribution >= 4 is 11.6 Å². The number of anilines is 1. The predicted molar refractivity (Wildman–Crippen MR) is 70.3 cm³/mol. The van der Waals surface area contributed by atoms with Gasteiger partial charge in [0.25, 0.3) is 5.91 Å². The van der Waals surface area contributed by atoms with Crippen LogP contribution in [-0.4, -0.2) is 22.7 Å². The second-order valence-corrected chi connectivity index (χ2v) is 3.85. The van der Waals surface area contributed by atoms with E-state index in [1.54, 1.807) is 30.3 Å². The predicted octanol–water partition coefficient (Wildman–Crippen LogP) is 2.12. The van der Waals surface area contributed by atoms with Gasteiger partial charge in [-0.25, -0.2) is 0 Å². The van der Waals surface area contributed by atoms with Crippen LogP contribution < -0.4 is 10.1 Å². The number of nitrogens with one attached hydrogen (secondary N) is 1. The van der Waals surface area contributed by atoms with E-state index in [-0.39, 0.29) is 29.8 Å². The van der Waals surface area contributed by atoms with Crippen molar-refractivity contribution in [1.82, 2.24) is 0 Å². The number of rotatable bonds is 4. The van der Waals surface area contributed by atoms with Gasteiger partial charge in [0, 0.05) is 11.8 Å². The largest absolute Gasteiger partial charge is 0.508 e. The third-order valence-corrected chi connectivity index (χ3v) is 2.35. The fourth-order valence-corrected chi connectivity index (χ4v) is 1.50. The highest BCUT2D eigenvalue weighted by atomic mass is 16.5. The topological polar surface area (TPSA) is 78.8 Å². The Kier molecular flexibility index (Phi) is 3.87. The monoisotopic (exact) mass is 259 g/mol. The Labute approximate surface area is 110 Å². The lowest BCUT2D eigenvalue weighted by Gasteiger charge is -2.08. The Bertz CT molecular complexity index is 583. The molecule has 19 heavy (non-hydrogen) atoms. The Morgan fingerprint density at radius 1 is 1.11 bits per heavy atom. The van der Waals surface area contributed by atoms with Gasteiger partial charge in [0.2, 0.25) is 0 Å². The summed E-state index contributed by atoms with van der Waals surface area (Å²) in [5.74, 6) is -0.0884. The number of phenols is 2. The Balaban J connectivity index is 1.90. The van der Waals surface area contributed by atoms with Crippen molar-refractivity contribution in [2.75, 3.05) is 11.9 Å². The van der Waals surface area contributed by atoms with E-state index in [0.29, 0.717) is 5.69 Å². The molecule has 98 valence electrons. The smallest absolute Gasteiger partial charge is 0.262 e. The summed E-state index contributed by atoms with van der Waals surface area (Å²) in [5, 5.41) is 21.3. The van der Waals surface area contributed by atoms with Crippen molar-refractivity contribution in [2.45, 2.75) is 0 Å². The number of para-hydroxylation sites is 2. The number of aromatic hydroxyl groups is 2. The van der Waals surface area contributed by atoms with Gasteiger partial charge < -0.3 is 20.3 Å². The first-order chi connectivity index (χ1) is 9.15. The quantitative estimate of drug-likeness (QED) is 0.785. The third kappa shape index (κ3) is 3.64. The molecule has 0 radical (unpaired) electrons. The molecule has 0 aliphatic rings. The summed E-state index contributed by atoms with van der Waals surface area (Å²) in [5.41, 5.74) is 0.478. The normalized spacial score (nSPS) is 9.89. The zero-order valence-electron chi connectivity index (χ0n) is 10.0. The summed E-state index contributed by atoms with van der Waals surface area (Å²) in [7, 11) is 0. The Morgan fingerprint density at radius 2 is 1.89 bits per heavy atom. The van der Waals surface area contributed by atoms with Crippen molar-refractivity contribution < 1.29 is 19.7 Å².